The van der Waals surface area contributed by atoms with Gasteiger partial charge in [0.1, 0.15) is 0 Å². The van der Waals surface area contributed by atoms with Crippen LogP contribution in [0.5, 0.6) is 0 Å². The van der Waals surface area contributed by atoms with Gasteiger partial charge in [-0.15, -0.1) is 0 Å². The van der Waals surface area contributed by atoms with Crippen LogP contribution >= 0.6 is 0 Å². The number of carbonyl (C=O) groups excluding carboxylic acids is 1. The zero-order chi connectivity index (χ0) is 21.5. The van der Waals surface area contributed by atoms with Crippen molar-refractivity contribution in [3.05, 3.63) is 84.2 Å². The Morgan fingerprint density at radius 2 is 1.71 bits per heavy atom. The molecule has 1 fully saturated rings. The van der Waals surface area contributed by atoms with Crippen LogP contribution in [0.15, 0.2) is 72.9 Å². The molecule has 0 unspecified atom stereocenters. The first-order valence-electron chi connectivity index (χ1n) is 10.9. The highest BCUT2D eigenvalue weighted by atomic mass is 16.5. The summed E-state index contributed by atoms with van der Waals surface area (Å²) in [6, 6.07) is 21.7. The summed E-state index contributed by atoms with van der Waals surface area (Å²) >= 11 is 0. The van der Waals surface area contributed by atoms with Gasteiger partial charge in [-0.2, -0.15) is 5.10 Å². The number of benzene rings is 2. The summed E-state index contributed by atoms with van der Waals surface area (Å²) in [4.78, 5) is 17.9. The third-order valence-electron chi connectivity index (χ3n) is 5.83. The first-order chi connectivity index (χ1) is 15.3. The van der Waals surface area contributed by atoms with Crippen LogP contribution in [0.25, 0.3) is 5.69 Å². The van der Waals surface area contributed by atoms with Gasteiger partial charge in [0.25, 0.3) is 5.91 Å². The standard InChI is InChI=1S/C25H30N4O2/c1-31-24(21-10-4-2-5-11-21)25(30)28(19-18-27-16-8-9-17-27)20-23-14-15-26-29(23)22-12-6-3-7-13-22/h2-7,10-15,24H,8-9,16-20H2,1H3/t24-/m1/s1. The number of methoxy groups -OCH3 is 1. The molecule has 31 heavy (non-hydrogen) atoms. The van der Waals surface area contributed by atoms with Gasteiger partial charge < -0.3 is 14.5 Å². The number of carbonyl (C=O) groups is 1. The number of nitrogens with zero attached hydrogens (tertiary/aromatic N) is 4. The fourth-order valence-electron chi connectivity index (χ4n) is 4.16. The Balaban J connectivity index is 1.57. The molecule has 0 aliphatic carbocycles. The van der Waals surface area contributed by atoms with Crippen molar-refractivity contribution in [3.63, 3.8) is 0 Å². The van der Waals surface area contributed by atoms with Crippen LogP contribution in [0.4, 0.5) is 0 Å². The number of hydrogen-bond acceptors (Lipinski definition) is 4. The maximum atomic E-state index is 13.6. The first kappa shape index (κ1) is 21.3. The van der Waals surface area contributed by atoms with Gasteiger partial charge in [-0.25, -0.2) is 4.68 Å². The molecule has 1 atom stereocenters. The van der Waals surface area contributed by atoms with Crippen molar-refractivity contribution < 1.29 is 9.53 Å². The maximum Gasteiger partial charge on any atom is 0.256 e. The minimum Gasteiger partial charge on any atom is -0.367 e. The topological polar surface area (TPSA) is 50.6 Å². The third kappa shape index (κ3) is 5.21. The van der Waals surface area contributed by atoms with E-state index < -0.39 is 6.10 Å². The van der Waals surface area contributed by atoms with Gasteiger partial charge in [-0.1, -0.05) is 48.5 Å². The Labute approximate surface area is 184 Å². The Kier molecular flexibility index (Phi) is 7.12. The van der Waals surface area contributed by atoms with Crippen LogP contribution in [-0.4, -0.2) is 58.8 Å². The van der Waals surface area contributed by atoms with Gasteiger partial charge in [0.05, 0.1) is 17.9 Å². The molecule has 1 amide bonds. The molecule has 0 bridgehead atoms. The summed E-state index contributed by atoms with van der Waals surface area (Å²) in [5.74, 6) is -0.0197. The molecule has 1 aliphatic heterocycles. The monoisotopic (exact) mass is 418 g/mol. The van der Waals surface area contributed by atoms with Gasteiger partial charge >= 0.3 is 0 Å². The molecule has 2 heterocycles. The Hall–Kier alpha value is -2.96. The number of likely N-dealkylation sites (tertiary alicyclic amines) is 1. The zero-order valence-electron chi connectivity index (χ0n) is 18.1. The minimum atomic E-state index is -0.618. The van der Waals surface area contributed by atoms with E-state index in [1.54, 1.807) is 13.3 Å². The number of amides is 1. The van der Waals surface area contributed by atoms with Gasteiger partial charge in [0.15, 0.2) is 6.10 Å². The molecule has 0 spiro atoms. The lowest BCUT2D eigenvalue weighted by molar-refractivity contribution is -0.143. The Morgan fingerprint density at radius 1 is 1.03 bits per heavy atom. The van der Waals surface area contributed by atoms with Crippen LogP contribution in [0.1, 0.15) is 30.2 Å². The van der Waals surface area contributed by atoms with Crippen molar-refractivity contribution in [3.8, 4) is 5.69 Å². The van der Waals surface area contributed by atoms with Crippen LogP contribution in [0.2, 0.25) is 0 Å². The fourth-order valence-corrected chi connectivity index (χ4v) is 4.16. The van der Waals surface area contributed by atoms with Crippen molar-refractivity contribution in [2.45, 2.75) is 25.5 Å². The van der Waals surface area contributed by atoms with E-state index in [-0.39, 0.29) is 5.91 Å². The second-order valence-corrected chi connectivity index (χ2v) is 7.90. The second kappa shape index (κ2) is 10.4. The Bertz CT molecular complexity index is 952. The molecule has 1 saturated heterocycles. The van der Waals surface area contributed by atoms with E-state index in [1.165, 1.54) is 12.8 Å². The van der Waals surface area contributed by atoms with E-state index >= 15 is 0 Å². The lowest BCUT2D eigenvalue weighted by atomic mass is 10.1. The number of rotatable bonds is 9. The third-order valence-corrected chi connectivity index (χ3v) is 5.83. The average molecular weight is 419 g/mol. The molecule has 0 radical (unpaired) electrons. The highest BCUT2D eigenvalue weighted by Crippen LogP contribution is 2.22. The molecule has 2 aromatic carbocycles. The molecule has 0 saturated carbocycles. The van der Waals surface area contributed by atoms with Gasteiger partial charge in [0, 0.05) is 26.4 Å². The predicted molar refractivity (Wildman–Crippen MR) is 121 cm³/mol. The van der Waals surface area contributed by atoms with Crippen LogP contribution in [0.3, 0.4) is 0 Å². The summed E-state index contributed by atoms with van der Waals surface area (Å²) in [7, 11) is 1.60. The summed E-state index contributed by atoms with van der Waals surface area (Å²) in [5.41, 5.74) is 2.84. The summed E-state index contributed by atoms with van der Waals surface area (Å²) in [5, 5.41) is 4.50. The molecular weight excluding hydrogens is 388 g/mol. The highest BCUT2D eigenvalue weighted by molar-refractivity contribution is 5.82. The second-order valence-electron chi connectivity index (χ2n) is 7.90. The maximum absolute atomic E-state index is 13.6. The normalized spacial score (nSPS) is 15.1. The van der Waals surface area contributed by atoms with Crippen LogP contribution < -0.4 is 0 Å². The summed E-state index contributed by atoms with van der Waals surface area (Å²) < 4.78 is 7.56. The molecule has 1 aliphatic rings. The van der Waals surface area contributed by atoms with Crippen molar-refractivity contribution in [1.29, 1.82) is 0 Å². The molecule has 4 rings (SSSR count). The highest BCUT2D eigenvalue weighted by Gasteiger charge is 2.27. The summed E-state index contributed by atoms with van der Waals surface area (Å²) in [6.45, 7) is 4.23. The van der Waals surface area contributed by atoms with Crippen LogP contribution in [-0.2, 0) is 16.1 Å². The van der Waals surface area contributed by atoms with Crippen molar-refractivity contribution >= 4 is 5.91 Å². The molecule has 162 valence electrons. The number of hydrogen-bond donors (Lipinski definition) is 0. The smallest absolute Gasteiger partial charge is 0.256 e. The largest absolute Gasteiger partial charge is 0.367 e. The SMILES string of the molecule is CO[C@@H](C(=O)N(CCN1CCCC1)Cc1ccnn1-c1ccccc1)c1ccccc1. The molecule has 6 nitrogen and oxygen atoms in total. The fraction of sp³-hybridized carbons (Fsp3) is 0.360. The molecule has 0 N–H and O–H groups in total. The molecule has 3 aromatic rings. The van der Waals surface area contributed by atoms with Crippen molar-refractivity contribution in [2.24, 2.45) is 0 Å². The summed E-state index contributed by atoms with van der Waals surface area (Å²) in [6.07, 6.45) is 3.64. The average Bonchev–Trinajstić information content (AvgIpc) is 3.50. The minimum absolute atomic E-state index is 0.0197. The zero-order valence-corrected chi connectivity index (χ0v) is 18.1. The van der Waals surface area contributed by atoms with Crippen molar-refractivity contribution in [1.82, 2.24) is 19.6 Å². The van der Waals surface area contributed by atoms with Crippen molar-refractivity contribution in [2.75, 3.05) is 33.3 Å². The number of aromatic nitrogens is 2. The van der Waals surface area contributed by atoms with Gasteiger partial charge in [-0.05, 0) is 49.7 Å². The quantitative estimate of drug-likeness (QED) is 0.532. The van der Waals surface area contributed by atoms with E-state index in [9.17, 15) is 4.79 Å². The first-order valence-corrected chi connectivity index (χ1v) is 10.9. The van der Waals surface area contributed by atoms with Gasteiger partial charge in [-0.3, -0.25) is 4.79 Å². The van der Waals surface area contributed by atoms with Crippen LogP contribution in [0, 0.1) is 0 Å². The number of para-hydroxylation sites is 1. The molecule has 1 aromatic heterocycles. The molecular formula is C25H30N4O2. The van der Waals surface area contributed by atoms with E-state index in [1.807, 2.05) is 76.3 Å². The van der Waals surface area contributed by atoms with E-state index in [2.05, 4.69) is 10.00 Å². The molecule has 6 heteroatoms. The van der Waals surface area contributed by atoms with E-state index in [0.717, 1.165) is 36.6 Å². The number of ether oxygens (including phenoxy) is 1. The lowest BCUT2D eigenvalue weighted by Crippen LogP contribution is -2.40. The Morgan fingerprint density at radius 3 is 2.39 bits per heavy atom. The van der Waals surface area contributed by atoms with E-state index in [4.69, 9.17) is 4.74 Å². The van der Waals surface area contributed by atoms with E-state index in [0.29, 0.717) is 13.1 Å². The lowest BCUT2D eigenvalue weighted by Gasteiger charge is -2.29. The van der Waals surface area contributed by atoms with Gasteiger partial charge in [0.2, 0.25) is 0 Å². The predicted octanol–water partition coefficient (Wildman–Crippen LogP) is 3.68.